The summed E-state index contributed by atoms with van der Waals surface area (Å²) < 4.78 is 29.7. The molecule has 0 fully saturated rings. The molecule has 0 aliphatic heterocycles. The van der Waals surface area contributed by atoms with E-state index in [9.17, 15) is 8.78 Å². The maximum Gasteiger partial charge on any atom is 0.345 e. The molecule has 0 amide bonds. The summed E-state index contributed by atoms with van der Waals surface area (Å²) in [5.74, 6) is 1.92. The Hall–Kier alpha value is 0.260. The number of hydrogen-bond acceptors (Lipinski definition) is 3. The Balaban J connectivity index is 4.48. The lowest BCUT2D eigenvalue weighted by molar-refractivity contribution is -0.163. The van der Waals surface area contributed by atoms with Crippen LogP contribution >= 0.6 is 24.4 Å². The lowest BCUT2D eigenvalue weighted by Crippen LogP contribution is -2.31. The summed E-state index contributed by atoms with van der Waals surface area (Å²) in [6.07, 6.45) is 2.37. The number of hydrogen-bond donors (Lipinski definition) is 1. The maximum atomic E-state index is 12.4. The van der Waals surface area contributed by atoms with Gasteiger partial charge in [-0.25, -0.2) is 0 Å². The van der Waals surface area contributed by atoms with Crippen LogP contribution in [-0.2, 0) is 4.74 Å². The molecule has 0 spiro atoms. The summed E-state index contributed by atoms with van der Waals surface area (Å²) in [5, 5.41) is 0.281. The van der Waals surface area contributed by atoms with Crippen LogP contribution in [0.15, 0.2) is 11.6 Å². The van der Waals surface area contributed by atoms with Crippen molar-refractivity contribution < 1.29 is 13.5 Å². The van der Waals surface area contributed by atoms with Gasteiger partial charge in [0.05, 0.1) is 6.10 Å². The first kappa shape index (κ1) is 18.3. The SMILES string of the molecule is C/C=C(/C)[C@H](OC(F)F)[C@H](C)C(C)SCCCS. The van der Waals surface area contributed by atoms with E-state index in [0.717, 1.165) is 23.5 Å². The Bertz CT molecular complexity index is 247. The lowest BCUT2D eigenvalue weighted by atomic mass is 9.95. The molecule has 0 aromatic carbocycles. The smallest absolute Gasteiger partial charge is 0.315 e. The summed E-state index contributed by atoms with van der Waals surface area (Å²) in [5.41, 5.74) is 0.865. The highest BCUT2D eigenvalue weighted by molar-refractivity contribution is 7.99. The van der Waals surface area contributed by atoms with Crippen LogP contribution in [0, 0.1) is 5.92 Å². The van der Waals surface area contributed by atoms with Gasteiger partial charge in [-0.3, -0.25) is 0 Å². The average Bonchev–Trinajstić information content (AvgIpc) is 2.34. The minimum Gasteiger partial charge on any atom is -0.315 e. The highest BCUT2D eigenvalue weighted by atomic mass is 32.2. The van der Waals surface area contributed by atoms with Gasteiger partial charge in [-0.1, -0.05) is 19.9 Å². The zero-order valence-corrected chi connectivity index (χ0v) is 13.2. The summed E-state index contributed by atoms with van der Waals surface area (Å²) in [6, 6.07) is 0. The Morgan fingerprint density at radius 1 is 1.39 bits per heavy atom. The molecule has 0 heterocycles. The van der Waals surface area contributed by atoms with Crippen LogP contribution in [0.4, 0.5) is 8.78 Å². The van der Waals surface area contributed by atoms with Crippen LogP contribution in [0.2, 0.25) is 0 Å². The third-order valence-electron chi connectivity index (χ3n) is 3.05. The van der Waals surface area contributed by atoms with Gasteiger partial charge in [0.25, 0.3) is 0 Å². The fraction of sp³-hybridized carbons (Fsp3) is 0.846. The topological polar surface area (TPSA) is 9.23 Å². The van der Waals surface area contributed by atoms with Gasteiger partial charge in [-0.05, 0) is 43.3 Å². The summed E-state index contributed by atoms with van der Waals surface area (Å²) in [4.78, 5) is 0. The second-order valence-electron chi connectivity index (χ2n) is 4.36. The average molecular weight is 298 g/mol. The van der Waals surface area contributed by atoms with E-state index >= 15 is 0 Å². The third-order valence-corrected chi connectivity index (χ3v) is 4.85. The Morgan fingerprint density at radius 2 is 2.00 bits per heavy atom. The molecule has 0 N–H and O–H groups in total. The summed E-state index contributed by atoms with van der Waals surface area (Å²) in [7, 11) is 0. The molecule has 0 aliphatic carbocycles. The van der Waals surface area contributed by atoms with Crippen molar-refractivity contribution in [3.63, 3.8) is 0 Å². The molecule has 0 saturated carbocycles. The van der Waals surface area contributed by atoms with Gasteiger partial charge in [0.15, 0.2) is 0 Å². The van der Waals surface area contributed by atoms with E-state index in [4.69, 9.17) is 4.74 Å². The van der Waals surface area contributed by atoms with Crippen molar-refractivity contribution in [1.29, 1.82) is 0 Å². The molecule has 0 aliphatic rings. The molecule has 0 radical (unpaired) electrons. The predicted octanol–water partition coefficient (Wildman–Crippen LogP) is 4.64. The first-order chi connectivity index (χ1) is 8.43. The van der Waals surface area contributed by atoms with Crippen molar-refractivity contribution in [3.8, 4) is 0 Å². The number of allylic oxidation sites excluding steroid dienone is 1. The van der Waals surface area contributed by atoms with Gasteiger partial charge in [0, 0.05) is 5.25 Å². The zero-order valence-electron chi connectivity index (χ0n) is 11.5. The van der Waals surface area contributed by atoms with Crippen LogP contribution in [-0.4, -0.2) is 29.5 Å². The lowest BCUT2D eigenvalue weighted by Gasteiger charge is -2.29. The molecule has 1 nitrogen and oxygen atoms in total. The molecule has 1 unspecified atom stereocenters. The number of alkyl halides is 2. The standard InChI is InChI=1S/C13H24F2OS2/c1-5-9(2)12(16-13(14)15)10(3)11(4)18-8-6-7-17/h5,10-13,17H,6-8H2,1-4H3/b9-5-/t10-,11?,12+/m1/s1. The highest BCUT2D eigenvalue weighted by Gasteiger charge is 2.27. The van der Waals surface area contributed by atoms with E-state index in [-0.39, 0.29) is 11.2 Å². The van der Waals surface area contributed by atoms with Gasteiger partial charge >= 0.3 is 6.61 Å². The molecule has 18 heavy (non-hydrogen) atoms. The fourth-order valence-electron chi connectivity index (χ4n) is 1.65. The van der Waals surface area contributed by atoms with Crippen LogP contribution in [0.1, 0.15) is 34.1 Å². The van der Waals surface area contributed by atoms with Gasteiger partial charge in [-0.15, -0.1) is 0 Å². The van der Waals surface area contributed by atoms with Crippen molar-refractivity contribution in [2.24, 2.45) is 5.92 Å². The van der Waals surface area contributed by atoms with Crippen molar-refractivity contribution in [2.75, 3.05) is 11.5 Å². The van der Waals surface area contributed by atoms with E-state index in [0.29, 0.717) is 0 Å². The minimum atomic E-state index is -2.72. The number of halogens is 2. The van der Waals surface area contributed by atoms with E-state index in [2.05, 4.69) is 19.6 Å². The van der Waals surface area contributed by atoms with Crippen molar-refractivity contribution in [3.05, 3.63) is 11.6 Å². The number of ether oxygens (including phenoxy) is 1. The third kappa shape index (κ3) is 7.00. The molecule has 0 bridgehead atoms. The molecular weight excluding hydrogens is 274 g/mol. The van der Waals surface area contributed by atoms with Crippen molar-refractivity contribution >= 4 is 24.4 Å². The second kappa shape index (κ2) is 10.1. The van der Waals surface area contributed by atoms with Gasteiger partial charge in [0.1, 0.15) is 0 Å². The molecule has 0 rings (SSSR count). The van der Waals surface area contributed by atoms with E-state index in [1.807, 2.05) is 26.8 Å². The second-order valence-corrected chi connectivity index (χ2v) is 6.29. The van der Waals surface area contributed by atoms with Gasteiger partial charge < -0.3 is 4.74 Å². The van der Waals surface area contributed by atoms with Crippen molar-refractivity contribution in [2.45, 2.75) is 52.1 Å². The van der Waals surface area contributed by atoms with E-state index < -0.39 is 12.7 Å². The number of rotatable bonds is 9. The Labute approximate surface area is 119 Å². The molecule has 0 aromatic rings. The number of thiol groups is 1. The van der Waals surface area contributed by atoms with E-state index in [1.165, 1.54) is 0 Å². The van der Waals surface area contributed by atoms with Crippen LogP contribution in [0.3, 0.4) is 0 Å². The first-order valence-electron chi connectivity index (χ1n) is 6.22. The summed E-state index contributed by atoms with van der Waals surface area (Å²) in [6.45, 7) is 5.01. The Morgan fingerprint density at radius 3 is 2.44 bits per heavy atom. The molecule has 0 saturated heterocycles. The van der Waals surface area contributed by atoms with Crippen molar-refractivity contribution in [1.82, 2.24) is 0 Å². The fourth-order valence-corrected chi connectivity index (χ4v) is 3.15. The molecule has 3 atom stereocenters. The van der Waals surface area contributed by atoms with Crippen LogP contribution in [0.5, 0.6) is 0 Å². The highest BCUT2D eigenvalue weighted by Crippen LogP contribution is 2.29. The van der Waals surface area contributed by atoms with E-state index in [1.54, 1.807) is 11.8 Å². The van der Waals surface area contributed by atoms with Crippen LogP contribution in [0.25, 0.3) is 0 Å². The predicted molar refractivity (Wildman–Crippen MR) is 79.9 cm³/mol. The quantitative estimate of drug-likeness (QED) is 0.377. The number of thioether (sulfide) groups is 1. The minimum absolute atomic E-state index is 0.0557. The van der Waals surface area contributed by atoms with Gasteiger partial charge in [-0.2, -0.15) is 33.2 Å². The monoisotopic (exact) mass is 298 g/mol. The molecule has 108 valence electrons. The summed E-state index contributed by atoms with van der Waals surface area (Å²) >= 11 is 5.95. The molecule has 5 heteroatoms. The largest absolute Gasteiger partial charge is 0.345 e. The first-order valence-corrected chi connectivity index (χ1v) is 7.91. The Kier molecular flexibility index (Phi) is 10.2. The molecule has 0 aromatic heterocycles. The molecular formula is C13H24F2OS2. The van der Waals surface area contributed by atoms with Gasteiger partial charge in [0.2, 0.25) is 0 Å². The normalized spacial score (nSPS) is 17.9. The maximum absolute atomic E-state index is 12.4. The zero-order chi connectivity index (χ0) is 14.1. The van der Waals surface area contributed by atoms with Crippen LogP contribution < -0.4 is 0 Å².